The molecule has 0 fully saturated rings. The van der Waals surface area contributed by atoms with Crippen LogP contribution in [0, 0.1) is 0 Å². The monoisotopic (exact) mass is 348 g/mol. The van der Waals surface area contributed by atoms with E-state index in [1.165, 1.54) is 6.08 Å². The molecule has 1 heterocycles. The van der Waals surface area contributed by atoms with Gasteiger partial charge >= 0.3 is 0 Å². The molecule has 0 spiro atoms. The average Bonchev–Trinajstić information content (AvgIpc) is 2.60. The van der Waals surface area contributed by atoms with Crippen LogP contribution in [0.15, 0.2) is 57.8 Å². The third-order valence-corrected chi connectivity index (χ3v) is 5.04. The fourth-order valence-corrected chi connectivity index (χ4v) is 3.32. The molecule has 3 rings (SSSR count). The zero-order chi connectivity index (χ0) is 19.1. The lowest BCUT2D eigenvalue weighted by Crippen LogP contribution is -2.24. The van der Waals surface area contributed by atoms with E-state index in [-0.39, 0.29) is 16.6 Å². The largest absolute Gasteiger partial charge is 0.456 e. The third-order valence-electron chi connectivity index (χ3n) is 5.04. The molecule has 0 radical (unpaired) electrons. The lowest BCUT2D eigenvalue weighted by molar-refractivity contribution is -0.116. The summed E-state index contributed by atoms with van der Waals surface area (Å²) in [7, 11) is 0. The minimum atomic E-state index is -0.485. The summed E-state index contributed by atoms with van der Waals surface area (Å²) in [5.74, 6) is -0.0487. The summed E-state index contributed by atoms with van der Waals surface area (Å²) >= 11 is 0. The number of ketones is 1. The van der Waals surface area contributed by atoms with Gasteiger partial charge in [-0.15, -0.1) is 6.58 Å². The Morgan fingerprint density at radius 2 is 1.96 bits per heavy atom. The molecule has 1 aromatic heterocycles. The first-order valence-electron chi connectivity index (χ1n) is 8.85. The molecule has 0 saturated heterocycles. The summed E-state index contributed by atoms with van der Waals surface area (Å²) < 4.78 is 6.16. The molecule has 3 heteroatoms. The molecule has 0 aliphatic heterocycles. The average molecular weight is 348 g/mol. The van der Waals surface area contributed by atoms with E-state index in [4.69, 9.17) is 4.42 Å². The summed E-state index contributed by atoms with van der Waals surface area (Å²) in [6, 6.07) is 5.58. The fourth-order valence-electron chi connectivity index (χ4n) is 3.32. The predicted molar refractivity (Wildman–Crippen MR) is 107 cm³/mol. The number of para-hydroxylation sites is 1. The second-order valence-corrected chi connectivity index (χ2v) is 7.62. The van der Waals surface area contributed by atoms with Gasteiger partial charge in [0.05, 0.1) is 16.9 Å². The Labute approximate surface area is 153 Å². The second kappa shape index (κ2) is 6.56. The van der Waals surface area contributed by atoms with E-state index >= 15 is 0 Å². The van der Waals surface area contributed by atoms with Crippen molar-refractivity contribution in [3.05, 3.63) is 75.7 Å². The molecule has 0 saturated carbocycles. The molecule has 1 aliphatic carbocycles. The van der Waals surface area contributed by atoms with E-state index in [9.17, 15) is 9.59 Å². The minimum Gasteiger partial charge on any atom is -0.456 e. The van der Waals surface area contributed by atoms with Gasteiger partial charge in [-0.25, -0.2) is 0 Å². The Bertz CT molecular complexity index is 1010. The third kappa shape index (κ3) is 2.98. The van der Waals surface area contributed by atoms with Gasteiger partial charge in [0.2, 0.25) is 0 Å². The summed E-state index contributed by atoms with van der Waals surface area (Å²) in [6.07, 6.45) is 7.48. The van der Waals surface area contributed by atoms with Crippen LogP contribution in [-0.2, 0) is 10.2 Å². The number of rotatable bonds is 4. The molecule has 1 unspecified atom stereocenters. The summed E-state index contributed by atoms with van der Waals surface area (Å²) in [5.41, 5.74) is 2.62. The van der Waals surface area contributed by atoms with Crippen molar-refractivity contribution >= 4 is 22.8 Å². The van der Waals surface area contributed by atoms with Crippen molar-refractivity contribution in [2.45, 2.75) is 45.4 Å². The second-order valence-electron chi connectivity index (χ2n) is 7.62. The van der Waals surface area contributed by atoms with Gasteiger partial charge < -0.3 is 4.42 Å². The van der Waals surface area contributed by atoms with Gasteiger partial charge in [0, 0.05) is 11.0 Å². The van der Waals surface area contributed by atoms with Crippen molar-refractivity contribution in [1.82, 2.24) is 0 Å². The first kappa shape index (κ1) is 18.1. The van der Waals surface area contributed by atoms with Crippen LogP contribution >= 0.6 is 0 Å². The zero-order valence-corrected chi connectivity index (χ0v) is 15.8. The molecule has 0 N–H and O–H groups in total. The summed E-state index contributed by atoms with van der Waals surface area (Å²) in [6.45, 7) is 11.9. The Morgan fingerprint density at radius 3 is 2.62 bits per heavy atom. The molecule has 2 aromatic rings. The van der Waals surface area contributed by atoms with E-state index in [1.54, 1.807) is 12.1 Å². The molecule has 3 nitrogen and oxygen atoms in total. The highest BCUT2D eigenvalue weighted by Gasteiger charge is 2.30. The van der Waals surface area contributed by atoms with Crippen molar-refractivity contribution in [3.63, 3.8) is 0 Å². The topological polar surface area (TPSA) is 47.3 Å². The smallest absolute Gasteiger partial charge is 0.197 e. The van der Waals surface area contributed by atoms with Crippen molar-refractivity contribution in [1.29, 1.82) is 0 Å². The molecule has 0 amide bonds. The maximum Gasteiger partial charge on any atom is 0.197 e. The van der Waals surface area contributed by atoms with Crippen molar-refractivity contribution in [3.8, 4) is 0 Å². The number of allylic oxidation sites excluding steroid dienone is 4. The van der Waals surface area contributed by atoms with E-state index < -0.39 is 5.92 Å². The number of carbonyl (C=O) groups excluding carboxylic acids is 1. The van der Waals surface area contributed by atoms with E-state index in [2.05, 4.69) is 6.58 Å². The molecule has 1 atom stereocenters. The lowest BCUT2D eigenvalue weighted by Gasteiger charge is -2.23. The van der Waals surface area contributed by atoms with Crippen molar-refractivity contribution < 1.29 is 9.21 Å². The summed E-state index contributed by atoms with van der Waals surface area (Å²) in [4.78, 5) is 25.7. The summed E-state index contributed by atoms with van der Waals surface area (Å²) in [5, 5.41) is 0.515. The van der Waals surface area contributed by atoms with Crippen LogP contribution in [0.25, 0.3) is 17.0 Å². The van der Waals surface area contributed by atoms with Gasteiger partial charge in [-0.2, -0.15) is 0 Å². The molecular formula is C23H24O3. The Morgan fingerprint density at radius 1 is 1.23 bits per heavy atom. The number of benzene rings is 1. The van der Waals surface area contributed by atoms with Crippen LogP contribution in [0.4, 0.5) is 0 Å². The Kier molecular flexibility index (Phi) is 4.57. The Hall–Kier alpha value is -2.68. The highest BCUT2D eigenvalue weighted by Crippen LogP contribution is 2.35. The fraction of sp³-hybridized carbons (Fsp3) is 0.304. The van der Waals surface area contributed by atoms with E-state index in [0.717, 1.165) is 11.1 Å². The van der Waals surface area contributed by atoms with Gasteiger partial charge in [0.15, 0.2) is 11.2 Å². The zero-order valence-electron chi connectivity index (χ0n) is 15.8. The number of fused-ring (bicyclic) bond motifs is 2. The van der Waals surface area contributed by atoms with Gasteiger partial charge in [0.1, 0.15) is 11.3 Å². The van der Waals surface area contributed by atoms with E-state index in [0.29, 0.717) is 28.7 Å². The van der Waals surface area contributed by atoms with Crippen molar-refractivity contribution in [2.24, 2.45) is 0 Å². The van der Waals surface area contributed by atoms with Crippen LogP contribution in [0.1, 0.15) is 56.9 Å². The molecule has 1 aromatic carbocycles. The van der Waals surface area contributed by atoms with Crippen LogP contribution in [-0.4, -0.2) is 5.78 Å². The van der Waals surface area contributed by atoms with E-state index in [1.807, 2.05) is 52.0 Å². The van der Waals surface area contributed by atoms with Crippen LogP contribution in [0.5, 0.6) is 0 Å². The predicted octanol–water partition coefficient (Wildman–Crippen LogP) is 5.29. The van der Waals surface area contributed by atoms with Crippen LogP contribution in [0.3, 0.4) is 0 Å². The Balaban J connectivity index is 2.31. The highest BCUT2D eigenvalue weighted by molar-refractivity contribution is 6.02. The van der Waals surface area contributed by atoms with Crippen LogP contribution in [0.2, 0.25) is 0 Å². The maximum atomic E-state index is 13.2. The first-order valence-corrected chi connectivity index (χ1v) is 8.85. The van der Waals surface area contributed by atoms with Gasteiger partial charge in [-0.3, -0.25) is 9.59 Å². The number of carbonyl (C=O) groups is 1. The quantitative estimate of drug-likeness (QED) is 0.705. The number of hydrogen-bond acceptors (Lipinski definition) is 3. The van der Waals surface area contributed by atoms with Crippen molar-refractivity contribution in [2.75, 3.05) is 0 Å². The van der Waals surface area contributed by atoms with Crippen LogP contribution < -0.4 is 5.43 Å². The van der Waals surface area contributed by atoms with Gasteiger partial charge in [-0.05, 0) is 38.5 Å². The van der Waals surface area contributed by atoms with Gasteiger partial charge in [-0.1, -0.05) is 43.7 Å². The minimum absolute atomic E-state index is 0.0516. The molecule has 134 valence electrons. The molecule has 0 bridgehead atoms. The highest BCUT2D eigenvalue weighted by atomic mass is 16.3. The lowest BCUT2D eigenvalue weighted by atomic mass is 9.82. The first-order chi connectivity index (χ1) is 12.3. The molecule has 26 heavy (non-hydrogen) atoms. The molecular weight excluding hydrogens is 324 g/mol. The molecule has 1 aliphatic rings. The normalized spacial score (nSPS) is 16.5. The number of hydrogen-bond donors (Lipinski definition) is 0. The SMILES string of the molecule is C=CC(C)(C)c1cccc2c(=O)c3c(oc12)C=CC(=O)C3CC=C(C)C. The maximum absolute atomic E-state index is 13.2. The van der Waals surface area contributed by atoms with Gasteiger partial charge in [0.25, 0.3) is 0 Å². The standard InChI is InChI=1S/C23H24O3/c1-6-23(4,5)17-9-7-8-16-21(25)20-15(11-10-14(2)3)18(24)12-13-19(20)26-22(16)17/h6-10,12-13,15H,1,11H2,2-5H3.